The van der Waals surface area contributed by atoms with E-state index in [1.165, 1.54) is 4.90 Å². The normalized spacial score (nSPS) is 9.79. The fourth-order valence-corrected chi connectivity index (χ4v) is 1.51. The molecule has 0 aliphatic rings. The Labute approximate surface area is 87.5 Å². The molecule has 0 bridgehead atoms. The number of aliphatic carboxylic acids is 1. The SMILES string of the molecule is CSc1cccc(NCCC(=O)O)c1. The van der Waals surface area contributed by atoms with Crippen LogP contribution >= 0.6 is 11.8 Å². The van der Waals surface area contributed by atoms with Gasteiger partial charge in [-0.2, -0.15) is 0 Å². The Morgan fingerprint density at radius 1 is 1.57 bits per heavy atom. The van der Waals surface area contributed by atoms with Crippen molar-refractivity contribution in [3.8, 4) is 0 Å². The fourth-order valence-electron chi connectivity index (χ4n) is 1.05. The summed E-state index contributed by atoms with van der Waals surface area (Å²) in [6.07, 6.45) is 2.15. The van der Waals surface area contributed by atoms with Crippen LogP contribution in [0.2, 0.25) is 0 Å². The number of carboxylic acids is 1. The number of benzene rings is 1. The predicted octanol–water partition coefficient (Wildman–Crippen LogP) is 2.30. The number of rotatable bonds is 5. The zero-order valence-corrected chi connectivity index (χ0v) is 8.80. The highest BCUT2D eigenvalue weighted by Gasteiger charge is 1.97. The van der Waals surface area contributed by atoms with Crippen LogP contribution in [0.3, 0.4) is 0 Å². The molecule has 0 unspecified atom stereocenters. The van der Waals surface area contributed by atoms with Crippen molar-refractivity contribution in [3.63, 3.8) is 0 Å². The molecule has 76 valence electrons. The minimum atomic E-state index is -0.779. The van der Waals surface area contributed by atoms with Crippen molar-refractivity contribution in [2.45, 2.75) is 11.3 Å². The molecule has 0 amide bonds. The second-order valence-electron chi connectivity index (χ2n) is 2.80. The van der Waals surface area contributed by atoms with Crippen LogP contribution < -0.4 is 5.32 Å². The van der Waals surface area contributed by atoms with E-state index in [4.69, 9.17) is 5.11 Å². The number of carbonyl (C=O) groups is 1. The maximum atomic E-state index is 10.3. The molecule has 0 spiro atoms. The van der Waals surface area contributed by atoms with Crippen LogP contribution in [-0.2, 0) is 4.79 Å². The van der Waals surface area contributed by atoms with E-state index in [1.807, 2.05) is 30.5 Å². The fraction of sp³-hybridized carbons (Fsp3) is 0.300. The summed E-state index contributed by atoms with van der Waals surface area (Å²) in [7, 11) is 0. The number of hydrogen-bond donors (Lipinski definition) is 2. The van der Waals surface area contributed by atoms with E-state index in [0.29, 0.717) is 6.54 Å². The highest BCUT2D eigenvalue weighted by atomic mass is 32.2. The van der Waals surface area contributed by atoms with Crippen LogP contribution in [0.15, 0.2) is 29.2 Å². The van der Waals surface area contributed by atoms with Gasteiger partial charge in [0.25, 0.3) is 0 Å². The Balaban J connectivity index is 2.46. The van der Waals surface area contributed by atoms with Gasteiger partial charge in [-0.05, 0) is 24.5 Å². The first kappa shape index (κ1) is 10.9. The number of anilines is 1. The monoisotopic (exact) mass is 211 g/mol. The summed E-state index contributed by atoms with van der Waals surface area (Å²) in [4.78, 5) is 11.4. The van der Waals surface area contributed by atoms with Gasteiger partial charge >= 0.3 is 5.97 Å². The lowest BCUT2D eigenvalue weighted by atomic mass is 10.3. The third-order valence-corrected chi connectivity index (χ3v) is 2.46. The van der Waals surface area contributed by atoms with Gasteiger partial charge in [0.05, 0.1) is 6.42 Å². The first-order valence-electron chi connectivity index (χ1n) is 4.32. The average molecular weight is 211 g/mol. The molecule has 0 aromatic heterocycles. The summed E-state index contributed by atoms with van der Waals surface area (Å²) in [5, 5.41) is 11.5. The summed E-state index contributed by atoms with van der Waals surface area (Å²) in [6, 6.07) is 7.91. The molecule has 0 saturated carbocycles. The van der Waals surface area contributed by atoms with Gasteiger partial charge in [0.15, 0.2) is 0 Å². The van der Waals surface area contributed by atoms with E-state index in [2.05, 4.69) is 5.32 Å². The Hall–Kier alpha value is -1.16. The average Bonchev–Trinajstić information content (AvgIpc) is 2.18. The molecule has 0 fully saturated rings. The highest BCUT2D eigenvalue weighted by molar-refractivity contribution is 7.98. The molecule has 0 aliphatic heterocycles. The molecule has 0 heterocycles. The standard InChI is InChI=1S/C10H13NO2S/c1-14-9-4-2-3-8(7-9)11-6-5-10(12)13/h2-4,7,11H,5-6H2,1H3,(H,12,13). The predicted molar refractivity (Wildman–Crippen MR) is 59.0 cm³/mol. The van der Waals surface area contributed by atoms with Crippen molar-refractivity contribution in [2.24, 2.45) is 0 Å². The van der Waals surface area contributed by atoms with Crippen molar-refractivity contribution in [2.75, 3.05) is 18.1 Å². The van der Waals surface area contributed by atoms with Crippen molar-refractivity contribution in [1.82, 2.24) is 0 Å². The maximum Gasteiger partial charge on any atom is 0.305 e. The van der Waals surface area contributed by atoms with Crippen LogP contribution in [0.5, 0.6) is 0 Å². The Bertz CT molecular complexity index is 315. The van der Waals surface area contributed by atoms with Gasteiger partial charge in [-0.3, -0.25) is 4.79 Å². The van der Waals surface area contributed by atoms with Gasteiger partial charge < -0.3 is 10.4 Å². The van der Waals surface area contributed by atoms with Gasteiger partial charge in [-0.25, -0.2) is 0 Å². The Kier molecular flexibility index (Phi) is 4.32. The molecule has 14 heavy (non-hydrogen) atoms. The molecule has 4 heteroatoms. The van der Waals surface area contributed by atoms with Gasteiger partial charge in [0, 0.05) is 17.1 Å². The quantitative estimate of drug-likeness (QED) is 0.734. The summed E-state index contributed by atoms with van der Waals surface area (Å²) >= 11 is 1.67. The highest BCUT2D eigenvalue weighted by Crippen LogP contribution is 2.18. The Morgan fingerprint density at radius 2 is 2.36 bits per heavy atom. The zero-order valence-electron chi connectivity index (χ0n) is 7.99. The Morgan fingerprint density at radius 3 is 3.00 bits per heavy atom. The van der Waals surface area contributed by atoms with E-state index >= 15 is 0 Å². The van der Waals surface area contributed by atoms with E-state index in [-0.39, 0.29) is 6.42 Å². The number of thioether (sulfide) groups is 1. The van der Waals surface area contributed by atoms with Gasteiger partial charge in [0.1, 0.15) is 0 Å². The van der Waals surface area contributed by atoms with Gasteiger partial charge in [-0.1, -0.05) is 6.07 Å². The topological polar surface area (TPSA) is 49.3 Å². The second kappa shape index (κ2) is 5.54. The smallest absolute Gasteiger partial charge is 0.305 e. The zero-order chi connectivity index (χ0) is 10.4. The van der Waals surface area contributed by atoms with Gasteiger partial charge in [0.2, 0.25) is 0 Å². The molecule has 2 N–H and O–H groups in total. The molecule has 3 nitrogen and oxygen atoms in total. The maximum absolute atomic E-state index is 10.3. The largest absolute Gasteiger partial charge is 0.481 e. The summed E-state index contributed by atoms with van der Waals surface area (Å²) < 4.78 is 0. The van der Waals surface area contributed by atoms with Crippen molar-refractivity contribution >= 4 is 23.4 Å². The molecule has 0 saturated heterocycles. The molecule has 1 aromatic carbocycles. The lowest BCUT2D eigenvalue weighted by molar-refractivity contribution is -0.136. The summed E-state index contributed by atoms with van der Waals surface area (Å²) in [5.74, 6) is -0.779. The number of nitrogens with one attached hydrogen (secondary N) is 1. The van der Waals surface area contributed by atoms with Crippen molar-refractivity contribution < 1.29 is 9.90 Å². The van der Waals surface area contributed by atoms with E-state index in [9.17, 15) is 4.79 Å². The van der Waals surface area contributed by atoms with Crippen molar-refractivity contribution in [3.05, 3.63) is 24.3 Å². The minimum Gasteiger partial charge on any atom is -0.481 e. The van der Waals surface area contributed by atoms with Crippen LogP contribution in [0.25, 0.3) is 0 Å². The molecule has 1 rings (SSSR count). The van der Waals surface area contributed by atoms with Gasteiger partial charge in [-0.15, -0.1) is 11.8 Å². The van der Waals surface area contributed by atoms with Crippen LogP contribution in [0.4, 0.5) is 5.69 Å². The first-order chi connectivity index (χ1) is 6.72. The van der Waals surface area contributed by atoms with Crippen LogP contribution in [-0.4, -0.2) is 23.9 Å². The lowest BCUT2D eigenvalue weighted by Gasteiger charge is -2.05. The summed E-state index contributed by atoms with van der Waals surface area (Å²) in [6.45, 7) is 0.465. The third-order valence-electron chi connectivity index (χ3n) is 1.74. The number of carboxylic acid groups (broad SMARTS) is 1. The van der Waals surface area contributed by atoms with Crippen LogP contribution in [0.1, 0.15) is 6.42 Å². The van der Waals surface area contributed by atoms with E-state index in [1.54, 1.807) is 11.8 Å². The molecule has 0 aliphatic carbocycles. The van der Waals surface area contributed by atoms with Crippen LogP contribution in [0, 0.1) is 0 Å². The van der Waals surface area contributed by atoms with E-state index < -0.39 is 5.97 Å². The van der Waals surface area contributed by atoms with Crippen molar-refractivity contribution in [1.29, 1.82) is 0 Å². The summed E-state index contributed by atoms with van der Waals surface area (Å²) in [5.41, 5.74) is 0.970. The third kappa shape index (κ3) is 3.70. The molecule has 0 atom stereocenters. The minimum absolute atomic E-state index is 0.142. The second-order valence-corrected chi connectivity index (χ2v) is 3.68. The molecular formula is C10H13NO2S. The molecule has 1 aromatic rings. The molecule has 0 radical (unpaired) electrons. The first-order valence-corrected chi connectivity index (χ1v) is 5.54. The van der Waals surface area contributed by atoms with E-state index in [0.717, 1.165) is 5.69 Å². The number of hydrogen-bond acceptors (Lipinski definition) is 3. The molecular weight excluding hydrogens is 198 g/mol. The lowest BCUT2D eigenvalue weighted by Crippen LogP contribution is -2.07.